The maximum Gasteiger partial charge on any atom is 0.306 e. The van der Waals surface area contributed by atoms with E-state index in [1.54, 1.807) is 0 Å². The Bertz CT molecular complexity index is 262. The van der Waals surface area contributed by atoms with Gasteiger partial charge in [0.15, 0.2) is 0 Å². The van der Waals surface area contributed by atoms with Gasteiger partial charge in [0.05, 0.1) is 25.0 Å². The average Bonchev–Trinajstić information content (AvgIpc) is 2.28. The number of esters is 1. The number of ether oxygens (including phenoxy) is 1. The van der Waals surface area contributed by atoms with Crippen LogP contribution in [0.4, 0.5) is 0 Å². The summed E-state index contributed by atoms with van der Waals surface area (Å²) in [4.78, 5) is 13.2. The van der Waals surface area contributed by atoms with Crippen molar-refractivity contribution < 1.29 is 9.53 Å². The van der Waals surface area contributed by atoms with Gasteiger partial charge in [-0.15, -0.1) is 0 Å². The number of carbonyl (C=O) groups is 1. The molecule has 1 aliphatic heterocycles. The van der Waals surface area contributed by atoms with Gasteiger partial charge in [0.25, 0.3) is 0 Å². The quantitative estimate of drug-likeness (QED) is 0.656. The molecule has 0 unspecified atom stereocenters. The summed E-state index contributed by atoms with van der Waals surface area (Å²) in [6, 6.07) is 2.36. The molecule has 1 saturated heterocycles. The van der Waals surface area contributed by atoms with Crippen molar-refractivity contribution in [2.45, 2.75) is 26.2 Å². The second-order valence-electron chi connectivity index (χ2n) is 4.34. The molecule has 1 rings (SSSR count). The SMILES string of the molecule is COC(=O)CCN1CCC(C)(C#N)CC1. The highest BCUT2D eigenvalue weighted by Crippen LogP contribution is 2.29. The number of methoxy groups -OCH3 is 1. The Hall–Kier alpha value is -1.08. The molecule has 0 aromatic heterocycles. The number of rotatable bonds is 3. The summed E-state index contributed by atoms with van der Waals surface area (Å²) in [5, 5.41) is 8.95. The van der Waals surface area contributed by atoms with Gasteiger partial charge in [0.2, 0.25) is 0 Å². The van der Waals surface area contributed by atoms with E-state index in [-0.39, 0.29) is 11.4 Å². The van der Waals surface area contributed by atoms with Crippen LogP contribution in [0.25, 0.3) is 0 Å². The summed E-state index contributed by atoms with van der Waals surface area (Å²) in [5.74, 6) is -0.163. The summed E-state index contributed by atoms with van der Waals surface area (Å²) in [6.45, 7) is 4.56. The Kier molecular flexibility index (Phi) is 4.10. The molecule has 0 radical (unpaired) electrons. The van der Waals surface area contributed by atoms with Gasteiger partial charge in [0, 0.05) is 6.54 Å². The number of nitriles is 1. The molecule has 15 heavy (non-hydrogen) atoms. The van der Waals surface area contributed by atoms with E-state index in [0.29, 0.717) is 6.42 Å². The van der Waals surface area contributed by atoms with Crippen LogP contribution < -0.4 is 0 Å². The Balaban J connectivity index is 2.27. The van der Waals surface area contributed by atoms with Gasteiger partial charge < -0.3 is 9.64 Å². The van der Waals surface area contributed by atoms with Gasteiger partial charge in [-0.05, 0) is 32.9 Å². The molecule has 0 bridgehead atoms. The third kappa shape index (κ3) is 3.52. The molecule has 0 aromatic rings. The van der Waals surface area contributed by atoms with Crippen LogP contribution in [0.15, 0.2) is 0 Å². The van der Waals surface area contributed by atoms with Crippen LogP contribution in [0, 0.1) is 16.7 Å². The van der Waals surface area contributed by atoms with Gasteiger partial charge in [-0.25, -0.2) is 0 Å². The van der Waals surface area contributed by atoms with E-state index in [0.717, 1.165) is 32.5 Å². The van der Waals surface area contributed by atoms with Gasteiger partial charge in [-0.1, -0.05) is 0 Å². The van der Waals surface area contributed by atoms with Crippen molar-refractivity contribution in [1.29, 1.82) is 5.26 Å². The number of piperidine rings is 1. The first-order chi connectivity index (χ1) is 7.09. The van der Waals surface area contributed by atoms with Gasteiger partial charge in [-0.2, -0.15) is 5.26 Å². The fourth-order valence-corrected chi connectivity index (χ4v) is 1.73. The molecule has 84 valence electrons. The first kappa shape index (κ1) is 12.0. The smallest absolute Gasteiger partial charge is 0.306 e. The largest absolute Gasteiger partial charge is 0.469 e. The lowest BCUT2D eigenvalue weighted by atomic mass is 9.82. The lowest BCUT2D eigenvalue weighted by molar-refractivity contribution is -0.141. The molecule has 4 heteroatoms. The molecular formula is C11H18N2O2. The summed E-state index contributed by atoms with van der Waals surface area (Å²) >= 11 is 0. The highest BCUT2D eigenvalue weighted by atomic mass is 16.5. The van der Waals surface area contributed by atoms with Crippen molar-refractivity contribution in [3.8, 4) is 6.07 Å². The van der Waals surface area contributed by atoms with Crippen LogP contribution in [0.3, 0.4) is 0 Å². The maximum absolute atomic E-state index is 10.9. The van der Waals surface area contributed by atoms with Crippen LogP contribution in [0.2, 0.25) is 0 Å². The third-order valence-corrected chi connectivity index (χ3v) is 3.09. The standard InChI is InChI=1S/C11H18N2O2/c1-11(9-12)4-7-13(8-5-11)6-3-10(14)15-2/h3-8H2,1-2H3. The minimum atomic E-state index is -0.165. The second kappa shape index (κ2) is 5.13. The molecule has 0 amide bonds. The Morgan fingerprint density at radius 2 is 2.13 bits per heavy atom. The summed E-state index contributed by atoms with van der Waals surface area (Å²) in [7, 11) is 1.41. The predicted octanol–water partition coefficient (Wildman–Crippen LogP) is 1.18. The zero-order chi connectivity index (χ0) is 11.3. The van der Waals surface area contributed by atoms with Crippen molar-refractivity contribution in [2.24, 2.45) is 5.41 Å². The minimum absolute atomic E-state index is 0.163. The van der Waals surface area contributed by atoms with Crippen LogP contribution in [-0.4, -0.2) is 37.6 Å². The second-order valence-corrected chi connectivity index (χ2v) is 4.34. The number of hydrogen-bond donors (Lipinski definition) is 0. The van der Waals surface area contributed by atoms with Crippen molar-refractivity contribution in [1.82, 2.24) is 4.90 Å². The van der Waals surface area contributed by atoms with Crippen LogP contribution in [0.5, 0.6) is 0 Å². The van der Waals surface area contributed by atoms with Crippen molar-refractivity contribution in [2.75, 3.05) is 26.7 Å². The topological polar surface area (TPSA) is 53.3 Å². The van der Waals surface area contributed by atoms with Gasteiger partial charge in [0.1, 0.15) is 0 Å². The van der Waals surface area contributed by atoms with E-state index < -0.39 is 0 Å². The highest BCUT2D eigenvalue weighted by molar-refractivity contribution is 5.69. The number of hydrogen-bond acceptors (Lipinski definition) is 4. The normalized spacial score (nSPS) is 20.6. The molecule has 0 aliphatic carbocycles. The fourth-order valence-electron chi connectivity index (χ4n) is 1.73. The van der Waals surface area contributed by atoms with Crippen molar-refractivity contribution in [3.63, 3.8) is 0 Å². The lowest BCUT2D eigenvalue weighted by Crippen LogP contribution is -2.39. The summed E-state index contributed by atoms with van der Waals surface area (Å²) in [5.41, 5.74) is -0.165. The molecule has 0 saturated carbocycles. The first-order valence-corrected chi connectivity index (χ1v) is 5.30. The summed E-state index contributed by atoms with van der Waals surface area (Å²) in [6.07, 6.45) is 2.23. The molecule has 0 N–H and O–H groups in total. The molecule has 1 heterocycles. The van der Waals surface area contributed by atoms with Crippen molar-refractivity contribution >= 4 is 5.97 Å². The number of nitrogens with zero attached hydrogens (tertiary/aromatic N) is 2. The zero-order valence-electron chi connectivity index (χ0n) is 9.45. The maximum atomic E-state index is 10.9. The van der Waals surface area contributed by atoms with Crippen LogP contribution in [0.1, 0.15) is 26.2 Å². The Morgan fingerprint density at radius 1 is 1.53 bits per heavy atom. The molecule has 0 spiro atoms. The number of carbonyl (C=O) groups excluding carboxylic acids is 1. The first-order valence-electron chi connectivity index (χ1n) is 5.30. The molecule has 1 fully saturated rings. The Morgan fingerprint density at radius 3 is 2.60 bits per heavy atom. The van der Waals surface area contributed by atoms with E-state index in [2.05, 4.69) is 15.7 Å². The van der Waals surface area contributed by atoms with Crippen molar-refractivity contribution in [3.05, 3.63) is 0 Å². The van der Waals surface area contributed by atoms with E-state index >= 15 is 0 Å². The molecule has 4 nitrogen and oxygen atoms in total. The van der Waals surface area contributed by atoms with E-state index in [1.807, 2.05) is 6.92 Å². The molecular weight excluding hydrogens is 192 g/mol. The lowest BCUT2D eigenvalue weighted by Gasteiger charge is -2.34. The van der Waals surface area contributed by atoms with Crippen LogP contribution in [-0.2, 0) is 9.53 Å². The predicted molar refractivity (Wildman–Crippen MR) is 56.0 cm³/mol. The third-order valence-electron chi connectivity index (χ3n) is 3.09. The van der Waals surface area contributed by atoms with E-state index in [9.17, 15) is 4.79 Å². The highest BCUT2D eigenvalue weighted by Gasteiger charge is 2.29. The molecule has 0 aromatic carbocycles. The Labute approximate surface area is 90.8 Å². The summed E-state index contributed by atoms with van der Waals surface area (Å²) < 4.78 is 4.59. The zero-order valence-corrected chi connectivity index (χ0v) is 9.45. The van der Waals surface area contributed by atoms with Gasteiger partial charge >= 0.3 is 5.97 Å². The van der Waals surface area contributed by atoms with E-state index in [1.165, 1.54) is 7.11 Å². The van der Waals surface area contributed by atoms with E-state index in [4.69, 9.17) is 5.26 Å². The molecule has 0 atom stereocenters. The minimum Gasteiger partial charge on any atom is -0.469 e. The van der Waals surface area contributed by atoms with Gasteiger partial charge in [-0.3, -0.25) is 4.79 Å². The average molecular weight is 210 g/mol. The number of likely N-dealkylation sites (tertiary alicyclic amines) is 1. The monoisotopic (exact) mass is 210 g/mol. The molecule has 1 aliphatic rings. The fraction of sp³-hybridized carbons (Fsp3) is 0.818. The van der Waals surface area contributed by atoms with Crippen LogP contribution >= 0.6 is 0 Å².